The third-order valence-electron chi connectivity index (χ3n) is 4.38. The number of hydrogen-bond acceptors (Lipinski definition) is 3. The maximum absolute atomic E-state index is 3.48. The van der Waals surface area contributed by atoms with Gasteiger partial charge < -0.3 is 5.32 Å². The highest BCUT2D eigenvalue weighted by molar-refractivity contribution is 8.00. The average molecular weight is 393 g/mol. The Kier molecular flexibility index (Phi) is 11.0. The van der Waals surface area contributed by atoms with Crippen molar-refractivity contribution in [2.75, 3.05) is 26.2 Å². The Morgan fingerprint density at radius 1 is 1.12 bits per heavy atom. The Hall–Kier alpha value is 0.0700. The van der Waals surface area contributed by atoms with E-state index in [0.717, 1.165) is 26.2 Å². The fourth-order valence-electron chi connectivity index (χ4n) is 3.19. The van der Waals surface area contributed by atoms with Crippen LogP contribution in [0.1, 0.15) is 52.6 Å². The summed E-state index contributed by atoms with van der Waals surface area (Å²) >= 11 is 2.01. The molecule has 1 aliphatic heterocycles. The second-order valence-corrected chi connectivity index (χ2v) is 9.24. The molecule has 1 unspecified atom stereocenters. The van der Waals surface area contributed by atoms with E-state index in [1.54, 1.807) is 0 Å². The van der Waals surface area contributed by atoms with Crippen molar-refractivity contribution in [2.45, 2.75) is 56.7 Å². The molecule has 1 saturated heterocycles. The van der Waals surface area contributed by atoms with Gasteiger partial charge in [-0.05, 0) is 17.5 Å². The van der Waals surface area contributed by atoms with Crippen molar-refractivity contribution in [3.8, 4) is 0 Å². The molecule has 0 bridgehead atoms. The van der Waals surface area contributed by atoms with Gasteiger partial charge in [-0.3, -0.25) is 4.90 Å². The van der Waals surface area contributed by atoms with E-state index in [1.807, 2.05) is 11.8 Å². The second-order valence-electron chi connectivity index (χ2n) is 7.37. The monoisotopic (exact) mass is 392 g/mol. The summed E-state index contributed by atoms with van der Waals surface area (Å²) in [5.74, 6) is 0.680. The Bertz CT molecular complexity index is 471. The lowest BCUT2D eigenvalue weighted by atomic mass is 9.90. The number of nitrogens with one attached hydrogen (secondary N) is 1. The lowest BCUT2D eigenvalue weighted by Crippen LogP contribution is -2.46. The van der Waals surface area contributed by atoms with Gasteiger partial charge in [-0.25, -0.2) is 0 Å². The van der Waals surface area contributed by atoms with Gasteiger partial charge in [-0.1, -0.05) is 59.2 Å². The molecule has 1 N–H and O–H groups in total. The average Bonchev–Trinajstić information content (AvgIpc) is 2.48. The zero-order chi connectivity index (χ0) is 16.2. The lowest BCUT2D eigenvalue weighted by Gasteiger charge is -2.39. The van der Waals surface area contributed by atoms with Crippen LogP contribution in [0.5, 0.6) is 0 Å². The first-order valence-corrected chi connectivity index (χ1v) is 9.46. The molecule has 1 fully saturated rings. The summed E-state index contributed by atoms with van der Waals surface area (Å²) in [6.45, 7) is 16.2. The molecular weight excluding hydrogens is 359 g/mol. The summed E-state index contributed by atoms with van der Waals surface area (Å²) in [5.41, 5.74) is 1.53. The molecule has 1 heterocycles. The maximum Gasteiger partial charge on any atom is 0.0385 e. The molecule has 1 aromatic rings. The fourth-order valence-corrected chi connectivity index (χ4v) is 4.31. The molecule has 1 aliphatic rings. The normalized spacial score (nSPS) is 18.2. The minimum Gasteiger partial charge on any atom is -0.314 e. The second kappa shape index (κ2) is 10.9. The minimum absolute atomic E-state index is 0. The van der Waals surface area contributed by atoms with E-state index in [-0.39, 0.29) is 29.6 Å². The predicted molar refractivity (Wildman–Crippen MR) is 113 cm³/mol. The van der Waals surface area contributed by atoms with Crippen LogP contribution in [0.4, 0.5) is 0 Å². The summed E-state index contributed by atoms with van der Waals surface area (Å²) in [5, 5.41) is 3.48. The van der Waals surface area contributed by atoms with Gasteiger partial charge >= 0.3 is 0 Å². The van der Waals surface area contributed by atoms with Gasteiger partial charge in [0.1, 0.15) is 0 Å². The first kappa shape index (κ1) is 24.1. The molecule has 2 atom stereocenters. The molecule has 0 aromatic heterocycles. The van der Waals surface area contributed by atoms with Gasteiger partial charge in [0.05, 0.1) is 0 Å². The molecule has 0 amide bonds. The quantitative estimate of drug-likeness (QED) is 0.673. The zero-order valence-corrected chi connectivity index (χ0v) is 18.1. The third kappa shape index (κ3) is 6.76. The summed E-state index contributed by atoms with van der Waals surface area (Å²) in [7, 11) is 0. The van der Waals surface area contributed by atoms with Crippen molar-refractivity contribution in [3.63, 3.8) is 0 Å². The van der Waals surface area contributed by atoms with Crippen LogP contribution in [0.3, 0.4) is 0 Å². The highest BCUT2D eigenvalue weighted by Crippen LogP contribution is 2.40. The van der Waals surface area contributed by atoms with Crippen LogP contribution in [0.2, 0.25) is 0 Å². The number of thioether (sulfide) groups is 1. The molecule has 1 aromatic carbocycles. The standard InChI is InChI=1S/C19H32N2S.2ClH/c1-6-15(2)18(21-13-11-20-12-14-21)16-9-7-8-10-17(16)22-19(3,4)5;;/h7-10,15,18,20H,6,11-14H2,1-5H3;2*1H/t15?,18-;;/m1../s1. The van der Waals surface area contributed by atoms with E-state index in [2.05, 4.69) is 69.1 Å². The Labute approximate surface area is 165 Å². The molecular formula is C19H34Cl2N2S. The number of halogens is 2. The van der Waals surface area contributed by atoms with Crippen LogP contribution in [0, 0.1) is 5.92 Å². The molecule has 2 rings (SSSR count). The SMILES string of the molecule is CCC(C)[C@H](c1ccccc1SC(C)(C)C)N1CCNCC1.Cl.Cl. The first-order valence-electron chi connectivity index (χ1n) is 8.65. The van der Waals surface area contributed by atoms with E-state index in [1.165, 1.54) is 16.9 Å². The van der Waals surface area contributed by atoms with Crippen molar-refractivity contribution in [3.05, 3.63) is 29.8 Å². The topological polar surface area (TPSA) is 15.3 Å². The highest BCUT2D eigenvalue weighted by Gasteiger charge is 2.29. The van der Waals surface area contributed by atoms with E-state index in [0.29, 0.717) is 12.0 Å². The summed E-state index contributed by atoms with van der Waals surface area (Å²) in [6.07, 6.45) is 1.23. The van der Waals surface area contributed by atoms with E-state index in [4.69, 9.17) is 0 Å². The van der Waals surface area contributed by atoms with Crippen molar-refractivity contribution in [1.82, 2.24) is 10.2 Å². The number of piperazine rings is 1. The molecule has 0 spiro atoms. The van der Waals surface area contributed by atoms with Crippen molar-refractivity contribution >= 4 is 36.6 Å². The van der Waals surface area contributed by atoms with E-state index < -0.39 is 0 Å². The van der Waals surface area contributed by atoms with Gasteiger partial charge in [0.25, 0.3) is 0 Å². The van der Waals surface area contributed by atoms with E-state index >= 15 is 0 Å². The van der Waals surface area contributed by atoms with Gasteiger partial charge in [0.2, 0.25) is 0 Å². The van der Waals surface area contributed by atoms with Crippen LogP contribution in [-0.4, -0.2) is 35.8 Å². The van der Waals surface area contributed by atoms with Crippen molar-refractivity contribution in [2.24, 2.45) is 5.92 Å². The van der Waals surface area contributed by atoms with Gasteiger partial charge in [-0.2, -0.15) is 0 Å². The minimum atomic E-state index is 0. The third-order valence-corrected chi connectivity index (χ3v) is 5.59. The van der Waals surface area contributed by atoms with Crippen LogP contribution in [0.25, 0.3) is 0 Å². The molecule has 5 heteroatoms. The number of nitrogens with zero attached hydrogens (tertiary/aromatic N) is 1. The summed E-state index contributed by atoms with van der Waals surface area (Å²) in [6, 6.07) is 9.59. The van der Waals surface area contributed by atoms with Crippen molar-refractivity contribution in [1.29, 1.82) is 0 Å². The van der Waals surface area contributed by atoms with Gasteiger partial charge in [0, 0.05) is 41.9 Å². The molecule has 2 nitrogen and oxygen atoms in total. The summed E-state index contributed by atoms with van der Waals surface area (Å²) in [4.78, 5) is 4.14. The lowest BCUT2D eigenvalue weighted by molar-refractivity contribution is 0.126. The Morgan fingerprint density at radius 2 is 1.71 bits per heavy atom. The Balaban J connectivity index is 0.00000264. The van der Waals surface area contributed by atoms with Crippen LogP contribution < -0.4 is 5.32 Å². The number of rotatable bonds is 5. The predicted octanol–water partition coefficient (Wildman–Crippen LogP) is 5.41. The van der Waals surface area contributed by atoms with Crippen LogP contribution >= 0.6 is 36.6 Å². The van der Waals surface area contributed by atoms with E-state index in [9.17, 15) is 0 Å². The van der Waals surface area contributed by atoms with Gasteiger partial charge in [0.15, 0.2) is 0 Å². The molecule has 0 aliphatic carbocycles. The maximum atomic E-state index is 3.48. The fraction of sp³-hybridized carbons (Fsp3) is 0.684. The van der Waals surface area contributed by atoms with Crippen LogP contribution in [-0.2, 0) is 0 Å². The molecule has 140 valence electrons. The molecule has 24 heavy (non-hydrogen) atoms. The largest absolute Gasteiger partial charge is 0.314 e. The molecule has 0 saturated carbocycles. The van der Waals surface area contributed by atoms with Crippen molar-refractivity contribution < 1.29 is 0 Å². The molecule has 0 radical (unpaired) electrons. The van der Waals surface area contributed by atoms with Gasteiger partial charge in [-0.15, -0.1) is 36.6 Å². The first-order chi connectivity index (χ1) is 10.4. The number of benzene rings is 1. The highest BCUT2D eigenvalue weighted by atomic mass is 35.5. The van der Waals surface area contributed by atoms with Crippen LogP contribution in [0.15, 0.2) is 29.2 Å². The number of hydrogen-bond donors (Lipinski definition) is 1. The zero-order valence-electron chi connectivity index (χ0n) is 15.7. The smallest absolute Gasteiger partial charge is 0.0385 e. The Morgan fingerprint density at radius 3 is 2.25 bits per heavy atom. The summed E-state index contributed by atoms with van der Waals surface area (Å²) < 4.78 is 0.250.